The maximum Gasteiger partial charge on any atom is 0.243 e. The molecular weight excluding hydrogens is 460 g/mol. The largest absolute Gasteiger partial charge is 0.445 e. The fourth-order valence-electron chi connectivity index (χ4n) is 5.41. The number of halogens is 1. The molecule has 3 aromatic rings. The molecule has 3 atom stereocenters. The summed E-state index contributed by atoms with van der Waals surface area (Å²) in [6, 6.07) is 13.9. The van der Waals surface area contributed by atoms with Crippen LogP contribution in [0.1, 0.15) is 37.7 Å². The predicted molar refractivity (Wildman–Crippen MR) is 126 cm³/mol. The van der Waals surface area contributed by atoms with Gasteiger partial charge in [0.2, 0.25) is 15.9 Å². The van der Waals surface area contributed by atoms with Gasteiger partial charge in [-0.1, -0.05) is 36.6 Å². The van der Waals surface area contributed by atoms with Crippen molar-refractivity contribution in [1.82, 2.24) is 9.29 Å². The van der Waals surface area contributed by atoms with Gasteiger partial charge in [0.15, 0.2) is 0 Å². The molecule has 0 aliphatic heterocycles. The first-order valence-electron chi connectivity index (χ1n) is 11.3. The van der Waals surface area contributed by atoms with E-state index >= 15 is 0 Å². The van der Waals surface area contributed by atoms with Gasteiger partial charge in [0.25, 0.3) is 0 Å². The summed E-state index contributed by atoms with van der Waals surface area (Å²) in [5, 5.41) is 10.5. The quantitative estimate of drug-likeness (QED) is 0.500. The molecule has 2 aliphatic rings. The number of aliphatic hydroxyl groups is 1. The molecule has 6 nitrogen and oxygen atoms in total. The third kappa shape index (κ3) is 4.23. The van der Waals surface area contributed by atoms with E-state index in [-0.39, 0.29) is 35.4 Å². The number of hydrogen-bond donors (Lipinski definition) is 1. The Morgan fingerprint density at radius 1 is 1.12 bits per heavy atom. The van der Waals surface area contributed by atoms with Gasteiger partial charge in [-0.3, -0.25) is 0 Å². The Bertz CT molecular complexity index is 1200. The summed E-state index contributed by atoms with van der Waals surface area (Å²) in [5.74, 6) is 0.674. The standard InChI is InChI=1S/C25H27ClN2O4S/c26-21-8-10-22(11-9-21)33(30,31)28(23-15-25(23)12-2-1-3-20(25)17-29)16-18-4-6-19(7-5-18)24-27-13-14-32-24/h4-11,13-14,20,23,29H,1-3,12,15-17H2/t20-,23?,25?/m0/s1. The van der Waals surface area contributed by atoms with Crippen molar-refractivity contribution >= 4 is 21.6 Å². The van der Waals surface area contributed by atoms with E-state index in [1.54, 1.807) is 34.8 Å². The third-order valence-corrected chi connectivity index (χ3v) is 9.42. The lowest BCUT2D eigenvalue weighted by Crippen LogP contribution is -2.39. The number of oxazole rings is 1. The lowest BCUT2D eigenvalue weighted by atomic mass is 9.76. The van der Waals surface area contributed by atoms with E-state index in [9.17, 15) is 13.5 Å². The molecule has 1 spiro atoms. The van der Waals surface area contributed by atoms with Crippen LogP contribution in [0.25, 0.3) is 11.5 Å². The maximum absolute atomic E-state index is 13.8. The van der Waals surface area contributed by atoms with Crippen molar-refractivity contribution in [2.75, 3.05) is 6.61 Å². The molecular formula is C25H27ClN2O4S. The number of hydrogen-bond acceptors (Lipinski definition) is 5. The van der Waals surface area contributed by atoms with Crippen LogP contribution in [0.4, 0.5) is 0 Å². The number of nitrogens with zero attached hydrogens (tertiary/aromatic N) is 2. The van der Waals surface area contributed by atoms with E-state index in [4.69, 9.17) is 16.0 Å². The Morgan fingerprint density at radius 3 is 2.55 bits per heavy atom. The molecule has 0 bridgehead atoms. The van der Waals surface area contributed by atoms with Gasteiger partial charge in [-0.25, -0.2) is 13.4 Å². The lowest BCUT2D eigenvalue weighted by Gasteiger charge is -2.34. The molecule has 2 fully saturated rings. The fourth-order valence-corrected chi connectivity index (χ4v) is 7.23. The first-order chi connectivity index (χ1) is 15.9. The monoisotopic (exact) mass is 486 g/mol. The van der Waals surface area contributed by atoms with Crippen LogP contribution in [0, 0.1) is 11.3 Å². The van der Waals surface area contributed by atoms with Crippen molar-refractivity contribution < 1.29 is 17.9 Å². The van der Waals surface area contributed by atoms with E-state index in [2.05, 4.69) is 4.98 Å². The van der Waals surface area contributed by atoms with E-state index in [0.29, 0.717) is 10.9 Å². The van der Waals surface area contributed by atoms with Crippen molar-refractivity contribution in [3.8, 4) is 11.5 Å². The van der Waals surface area contributed by atoms with Crippen molar-refractivity contribution in [2.24, 2.45) is 11.3 Å². The van der Waals surface area contributed by atoms with Crippen molar-refractivity contribution in [1.29, 1.82) is 0 Å². The van der Waals surface area contributed by atoms with Crippen molar-refractivity contribution in [3.63, 3.8) is 0 Å². The summed E-state index contributed by atoms with van der Waals surface area (Å²) < 4.78 is 34.6. The van der Waals surface area contributed by atoms with E-state index in [0.717, 1.165) is 43.2 Å². The molecule has 33 heavy (non-hydrogen) atoms. The summed E-state index contributed by atoms with van der Waals surface area (Å²) in [4.78, 5) is 4.41. The van der Waals surface area contributed by atoms with Gasteiger partial charge in [0, 0.05) is 29.8 Å². The van der Waals surface area contributed by atoms with Crippen LogP contribution in [-0.2, 0) is 16.6 Å². The zero-order chi connectivity index (χ0) is 23.1. The SMILES string of the molecule is O=S(=O)(c1ccc(Cl)cc1)N(Cc1ccc(-c2ncco2)cc1)C1CC12CCCC[C@H]2CO. The van der Waals surface area contributed by atoms with Gasteiger partial charge in [-0.05, 0) is 72.6 Å². The highest BCUT2D eigenvalue weighted by Crippen LogP contribution is 2.62. The highest BCUT2D eigenvalue weighted by atomic mass is 35.5. The average molecular weight is 487 g/mol. The minimum Gasteiger partial charge on any atom is -0.445 e. The molecule has 2 aliphatic carbocycles. The highest BCUT2D eigenvalue weighted by molar-refractivity contribution is 7.89. The van der Waals surface area contributed by atoms with Crippen molar-refractivity contribution in [2.45, 2.75) is 49.6 Å². The van der Waals surface area contributed by atoms with E-state index in [1.165, 1.54) is 6.26 Å². The molecule has 5 rings (SSSR count). The molecule has 1 heterocycles. The summed E-state index contributed by atoms with van der Waals surface area (Å²) in [6.07, 6.45) is 7.99. The van der Waals surface area contributed by atoms with Gasteiger partial charge in [0.05, 0.1) is 11.1 Å². The molecule has 174 valence electrons. The van der Waals surface area contributed by atoms with Crippen LogP contribution in [0.5, 0.6) is 0 Å². The predicted octanol–water partition coefficient (Wildman–Crippen LogP) is 5.13. The summed E-state index contributed by atoms with van der Waals surface area (Å²) >= 11 is 6.01. The van der Waals surface area contributed by atoms with Gasteiger partial charge in [-0.15, -0.1) is 0 Å². The second kappa shape index (κ2) is 8.87. The second-order valence-corrected chi connectivity index (χ2v) is 11.4. The molecule has 0 radical (unpaired) electrons. The highest BCUT2D eigenvalue weighted by Gasteiger charge is 2.63. The molecule has 1 N–H and O–H groups in total. The Hall–Kier alpha value is -2.19. The number of sulfonamides is 1. The fraction of sp³-hybridized carbons (Fsp3) is 0.400. The van der Waals surface area contributed by atoms with Crippen LogP contribution in [0.3, 0.4) is 0 Å². The normalized spacial score (nSPS) is 24.9. The maximum atomic E-state index is 13.8. The van der Waals surface area contributed by atoms with Crippen LogP contribution in [0.2, 0.25) is 5.02 Å². The van der Waals surface area contributed by atoms with Crippen molar-refractivity contribution in [3.05, 3.63) is 71.6 Å². The molecule has 0 saturated heterocycles. The molecule has 0 amide bonds. The van der Waals surface area contributed by atoms with E-state index < -0.39 is 10.0 Å². The summed E-state index contributed by atoms with van der Waals surface area (Å²) in [7, 11) is -3.75. The smallest absolute Gasteiger partial charge is 0.243 e. The van der Waals surface area contributed by atoms with Gasteiger partial charge in [0.1, 0.15) is 6.26 Å². The first-order valence-corrected chi connectivity index (χ1v) is 13.1. The Morgan fingerprint density at radius 2 is 1.88 bits per heavy atom. The summed E-state index contributed by atoms with van der Waals surface area (Å²) in [6.45, 7) is 0.373. The van der Waals surface area contributed by atoms with E-state index in [1.807, 2.05) is 24.3 Å². The minimum absolute atomic E-state index is 0.107. The second-order valence-electron chi connectivity index (χ2n) is 9.12. The third-order valence-electron chi connectivity index (χ3n) is 7.29. The van der Waals surface area contributed by atoms with Gasteiger partial charge < -0.3 is 9.52 Å². The molecule has 8 heteroatoms. The first kappa shape index (κ1) is 22.6. The van der Waals surface area contributed by atoms with Gasteiger partial charge in [-0.2, -0.15) is 4.31 Å². The van der Waals surface area contributed by atoms with Crippen LogP contribution in [0.15, 0.2) is 70.3 Å². The number of rotatable bonds is 7. The molecule has 1 aromatic heterocycles. The number of aliphatic hydroxyl groups excluding tert-OH is 1. The topological polar surface area (TPSA) is 83.6 Å². The van der Waals surface area contributed by atoms with Crippen LogP contribution in [-0.4, -0.2) is 35.5 Å². The number of aromatic nitrogens is 1. The van der Waals surface area contributed by atoms with Crippen LogP contribution < -0.4 is 0 Å². The zero-order valence-corrected chi connectivity index (χ0v) is 19.8. The molecule has 2 unspecified atom stereocenters. The van der Waals surface area contributed by atoms with Gasteiger partial charge >= 0.3 is 0 Å². The average Bonchev–Trinajstić information content (AvgIpc) is 3.25. The van der Waals surface area contributed by atoms with Crippen LogP contribution >= 0.6 is 11.6 Å². The minimum atomic E-state index is -3.75. The lowest BCUT2D eigenvalue weighted by molar-refractivity contribution is 0.103. The summed E-state index contributed by atoms with van der Waals surface area (Å²) in [5.41, 5.74) is 1.59. The number of benzene rings is 2. The Labute approximate surface area is 199 Å². The Kier molecular flexibility index (Phi) is 6.07. The molecule has 2 aromatic carbocycles. The Balaban J connectivity index is 1.47. The zero-order valence-electron chi connectivity index (χ0n) is 18.2. The molecule has 2 saturated carbocycles.